The summed E-state index contributed by atoms with van der Waals surface area (Å²) in [4.78, 5) is 28.2. The molecule has 0 saturated carbocycles. The molecule has 1 aliphatic rings. The summed E-state index contributed by atoms with van der Waals surface area (Å²) in [5.74, 6) is 1.18. The molecule has 1 aliphatic heterocycles. The van der Waals surface area contributed by atoms with E-state index in [2.05, 4.69) is 9.97 Å². The second kappa shape index (κ2) is 10.5. The monoisotopic (exact) mass is 486 g/mol. The first-order valence-corrected chi connectivity index (χ1v) is 12.1. The molecule has 0 N–H and O–H groups in total. The lowest BCUT2D eigenvalue weighted by molar-refractivity contribution is -0.143. The van der Waals surface area contributed by atoms with Crippen molar-refractivity contribution in [1.82, 2.24) is 15.0 Å². The molecule has 172 valence electrons. The van der Waals surface area contributed by atoms with Crippen LogP contribution in [0, 0.1) is 11.7 Å². The third-order valence-corrected chi connectivity index (χ3v) is 6.58. The largest absolute Gasteiger partial charge is 0.465 e. The molecule has 33 heavy (non-hydrogen) atoms. The van der Waals surface area contributed by atoms with Crippen LogP contribution in [0.3, 0.4) is 0 Å². The number of esters is 1. The molecule has 4 rings (SSSR count). The van der Waals surface area contributed by atoms with Gasteiger partial charge in [-0.3, -0.25) is 14.8 Å². The van der Waals surface area contributed by atoms with Crippen LogP contribution in [0.15, 0.2) is 48.9 Å². The van der Waals surface area contributed by atoms with Gasteiger partial charge in [-0.25, -0.2) is 9.37 Å². The van der Waals surface area contributed by atoms with E-state index in [0.29, 0.717) is 40.9 Å². The topological polar surface area (TPSA) is 68.2 Å². The zero-order chi connectivity index (χ0) is 23.4. The van der Waals surface area contributed by atoms with Crippen molar-refractivity contribution in [3.8, 4) is 22.5 Å². The second-order valence-electron chi connectivity index (χ2n) is 8.12. The number of ether oxygens (including phenoxy) is 1. The Balaban J connectivity index is 1.67. The molecule has 1 saturated heterocycles. The van der Waals surface area contributed by atoms with Crippen molar-refractivity contribution in [2.75, 3.05) is 30.3 Å². The number of anilines is 1. The van der Waals surface area contributed by atoms with Gasteiger partial charge in [0, 0.05) is 42.4 Å². The maximum atomic E-state index is 13.5. The number of hydrogen-bond acceptors (Lipinski definition) is 7. The molecule has 1 aromatic carbocycles. The van der Waals surface area contributed by atoms with Crippen molar-refractivity contribution >= 4 is 35.1 Å². The van der Waals surface area contributed by atoms with E-state index in [1.807, 2.05) is 18.7 Å². The van der Waals surface area contributed by atoms with Crippen LogP contribution < -0.4 is 4.90 Å². The number of halogens is 2. The minimum absolute atomic E-state index is 0.202. The van der Waals surface area contributed by atoms with Crippen molar-refractivity contribution in [3.63, 3.8) is 0 Å². The van der Waals surface area contributed by atoms with E-state index in [1.165, 1.54) is 12.1 Å². The Morgan fingerprint density at radius 3 is 2.76 bits per heavy atom. The first-order chi connectivity index (χ1) is 15.9. The Labute approximate surface area is 201 Å². The Hall–Kier alpha value is -2.71. The molecule has 1 fully saturated rings. The Kier molecular flexibility index (Phi) is 7.45. The van der Waals surface area contributed by atoms with E-state index in [-0.39, 0.29) is 23.0 Å². The average molecular weight is 487 g/mol. The smallest absolute Gasteiger partial charge is 0.320 e. The van der Waals surface area contributed by atoms with Crippen LogP contribution in [0.25, 0.3) is 22.5 Å². The van der Waals surface area contributed by atoms with Gasteiger partial charge in [0.2, 0.25) is 0 Å². The van der Waals surface area contributed by atoms with Gasteiger partial charge in [0.25, 0.3) is 0 Å². The summed E-state index contributed by atoms with van der Waals surface area (Å²) in [6, 6.07) is 7.88. The van der Waals surface area contributed by atoms with Crippen molar-refractivity contribution in [2.45, 2.75) is 19.1 Å². The van der Waals surface area contributed by atoms with Gasteiger partial charge in [-0.1, -0.05) is 25.4 Å². The lowest BCUT2D eigenvalue weighted by Gasteiger charge is -2.32. The van der Waals surface area contributed by atoms with Crippen molar-refractivity contribution in [1.29, 1.82) is 0 Å². The maximum Gasteiger partial charge on any atom is 0.320 e. The zero-order valence-corrected chi connectivity index (χ0v) is 19.9. The van der Waals surface area contributed by atoms with Crippen LogP contribution in [-0.2, 0) is 9.53 Å². The van der Waals surface area contributed by atoms with Gasteiger partial charge in [-0.2, -0.15) is 0 Å². The van der Waals surface area contributed by atoms with Gasteiger partial charge in [0.15, 0.2) is 0 Å². The SMILES string of the molecule is CC(C)COC(=O)C1CN(c2cnc(-c3ccc(F)cc3)c(-c3ccncc3Cl)n2)CCS1. The van der Waals surface area contributed by atoms with Crippen molar-refractivity contribution in [3.05, 3.63) is 59.8 Å². The molecule has 0 amide bonds. The summed E-state index contributed by atoms with van der Waals surface area (Å²) in [6.07, 6.45) is 4.88. The molecule has 2 aromatic heterocycles. The molecule has 3 aromatic rings. The van der Waals surface area contributed by atoms with Crippen LogP contribution in [0.1, 0.15) is 13.8 Å². The van der Waals surface area contributed by atoms with Gasteiger partial charge >= 0.3 is 5.97 Å². The second-order valence-corrected chi connectivity index (χ2v) is 9.83. The fourth-order valence-electron chi connectivity index (χ4n) is 3.45. The molecule has 3 heterocycles. The lowest BCUT2D eigenvalue weighted by Crippen LogP contribution is -2.42. The number of hydrogen-bond donors (Lipinski definition) is 0. The van der Waals surface area contributed by atoms with E-state index in [4.69, 9.17) is 21.3 Å². The van der Waals surface area contributed by atoms with E-state index >= 15 is 0 Å². The zero-order valence-electron chi connectivity index (χ0n) is 18.4. The third-order valence-electron chi connectivity index (χ3n) is 5.12. The van der Waals surface area contributed by atoms with Crippen LogP contribution in [0.5, 0.6) is 0 Å². The van der Waals surface area contributed by atoms with Crippen LogP contribution in [0.4, 0.5) is 10.2 Å². The summed E-state index contributed by atoms with van der Waals surface area (Å²) in [7, 11) is 0. The molecular weight excluding hydrogens is 463 g/mol. The molecule has 6 nitrogen and oxygen atoms in total. The molecule has 0 radical (unpaired) electrons. The highest BCUT2D eigenvalue weighted by molar-refractivity contribution is 8.00. The minimum Gasteiger partial charge on any atom is -0.465 e. The molecule has 1 atom stereocenters. The Bertz CT molecular complexity index is 1130. The molecule has 1 unspecified atom stereocenters. The first-order valence-electron chi connectivity index (χ1n) is 10.7. The Morgan fingerprint density at radius 2 is 2.03 bits per heavy atom. The molecular formula is C24H24ClFN4O2S. The normalized spacial score (nSPS) is 16.2. The van der Waals surface area contributed by atoms with E-state index in [1.54, 1.807) is 48.6 Å². The minimum atomic E-state index is -0.326. The predicted molar refractivity (Wildman–Crippen MR) is 130 cm³/mol. The van der Waals surface area contributed by atoms with Crippen molar-refractivity contribution in [2.24, 2.45) is 5.92 Å². The van der Waals surface area contributed by atoms with Crippen molar-refractivity contribution < 1.29 is 13.9 Å². The highest BCUT2D eigenvalue weighted by atomic mass is 35.5. The maximum absolute atomic E-state index is 13.5. The number of benzene rings is 1. The molecule has 0 bridgehead atoms. The molecule has 0 spiro atoms. The molecule has 9 heteroatoms. The van der Waals surface area contributed by atoms with E-state index in [9.17, 15) is 9.18 Å². The van der Waals surface area contributed by atoms with Gasteiger partial charge in [0.1, 0.15) is 22.6 Å². The predicted octanol–water partition coefficient (Wildman–Crippen LogP) is 5.12. The van der Waals surface area contributed by atoms with Crippen LogP contribution >= 0.6 is 23.4 Å². The van der Waals surface area contributed by atoms with E-state index in [0.717, 1.165) is 17.9 Å². The Morgan fingerprint density at radius 1 is 1.24 bits per heavy atom. The quantitative estimate of drug-likeness (QED) is 0.448. The standard InChI is InChI=1S/C24H24ClFN4O2S/c1-15(2)14-32-24(31)20-13-30(9-10-33-20)21-12-28-22(16-3-5-17(26)6-4-16)23(29-21)18-7-8-27-11-19(18)25/h3-8,11-12,15,20H,9-10,13-14H2,1-2H3. The highest BCUT2D eigenvalue weighted by Gasteiger charge is 2.29. The number of pyridine rings is 1. The van der Waals surface area contributed by atoms with Gasteiger partial charge in [0.05, 0.1) is 23.5 Å². The molecule has 0 aliphatic carbocycles. The first kappa shape index (κ1) is 23.4. The summed E-state index contributed by atoms with van der Waals surface area (Å²) in [5.41, 5.74) is 2.57. The average Bonchev–Trinajstić information content (AvgIpc) is 2.83. The summed E-state index contributed by atoms with van der Waals surface area (Å²) >= 11 is 8.03. The lowest BCUT2D eigenvalue weighted by atomic mass is 10.0. The third kappa shape index (κ3) is 5.62. The van der Waals surface area contributed by atoms with Crippen LogP contribution in [-0.4, -0.2) is 51.6 Å². The van der Waals surface area contributed by atoms with Gasteiger partial charge in [-0.15, -0.1) is 11.8 Å². The summed E-state index contributed by atoms with van der Waals surface area (Å²) < 4.78 is 18.9. The number of rotatable bonds is 6. The number of thioether (sulfide) groups is 1. The van der Waals surface area contributed by atoms with Gasteiger partial charge < -0.3 is 9.64 Å². The highest BCUT2D eigenvalue weighted by Crippen LogP contribution is 2.35. The van der Waals surface area contributed by atoms with E-state index < -0.39 is 0 Å². The number of carbonyl (C=O) groups excluding carboxylic acids is 1. The number of aromatic nitrogens is 3. The summed E-state index contributed by atoms with van der Waals surface area (Å²) in [5, 5.41) is 0.153. The van der Waals surface area contributed by atoms with Gasteiger partial charge in [-0.05, 0) is 36.2 Å². The number of nitrogens with zero attached hydrogens (tertiary/aromatic N) is 4. The fraction of sp³-hybridized carbons (Fsp3) is 0.333. The van der Waals surface area contributed by atoms with Crippen LogP contribution in [0.2, 0.25) is 5.02 Å². The summed E-state index contributed by atoms with van der Waals surface area (Å²) in [6.45, 7) is 5.64. The number of carbonyl (C=O) groups is 1. The fourth-order valence-corrected chi connectivity index (χ4v) is 4.76.